The summed E-state index contributed by atoms with van der Waals surface area (Å²) in [6.45, 7) is 8.59. The van der Waals surface area contributed by atoms with Gasteiger partial charge in [-0.25, -0.2) is 0 Å². The quantitative estimate of drug-likeness (QED) is 0.907. The van der Waals surface area contributed by atoms with E-state index in [1.54, 1.807) is 0 Å². The molecule has 1 N–H and O–H groups in total. The first-order chi connectivity index (χ1) is 12.0. The topological polar surface area (TPSA) is 58.4 Å². The van der Waals surface area contributed by atoms with Crippen molar-refractivity contribution in [3.05, 3.63) is 52.9 Å². The number of hydrogen-bond acceptors (Lipinski definition) is 4. The molecule has 1 aliphatic rings. The van der Waals surface area contributed by atoms with Gasteiger partial charge in [0.1, 0.15) is 5.76 Å². The first kappa shape index (κ1) is 17.7. The van der Waals surface area contributed by atoms with Crippen molar-refractivity contribution in [2.75, 3.05) is 13.1 Å². The van der Waals surface area contributed by atoms with E-state index in [1.807, 2.05) is 26.8 Å². The van der Waals surface area contributed by atoms with Gasteiger partial charge in [0.2, 0.25) is 5.91 Å². The molecule has 1 aliphatic heterocycles. The number of amides is 1. The van der Waals surface area contributed by atoms with Gasteiger partial charge in [0.25, 0.3) is 0 Å². The summed E-state index contributed by atoms with van der Waals surface area (Å²) in [7, 11) is 0. The summed E-state index contributed by atoms with van der Waals surface area (Å²) >= 11 is 0. The van der Waals surface area contributed by atoms with Crippen LogP contribution in [-0.4, -0.2) is 35.1 Å². The van der Waals surface area contributed by atoms with Crippen molar-refractivity contribution in [2.45, 2.75) is 52.1 Å². The van der Waals surface area contributed by atoms with Crippen LogP contribution < -0.4 is 5.32 Å². The highest BCUT2D eigenvalue weighted by Gasteiger charge is 2.27. The molecule has 0 saturated carbocycles. The van der Waals surface area contributed by atoms with E-state index in [0.717, 1.165) is 49.5 Å². The van der Waals surface area contributed by atoms with Crippen molar-refractivity contribution in [1.82, 2.24) is 15.4 Å². The predicted octanol–water partition coefficient (Wildman–Crippen LogP) is 3.18. The Hall–Kier alpha value is -2.14. The highest BCUT2D eigenvalue weighted by Crippen LogP contribution is 2.24. The maximum atomic E-state index is 12.7. The Bertz CT molecular complexity index is 691. The van der Waals surface area contributed by atoms with E-state index in [0.29, 0.717) is 0 Å². The van der Waals surface area contributed by atoms with Crippen LogP contribution in [0.3, 0.4) is 0 Å². The molecule has 5 nitrogen and oxygen atoms in total. The zero-order valence-corrected chi connectivity index (χ0v) is 15.3. The number of carbonyl (C=O) groups excluding carboxylic acids is 1. The molecule has 0 spiro atoms. The van der Waals surface area contributed by atoms with Crippen LogP contribution in [-0.2, 0) is 11.3 Å². The Kier molecular flexibility index (Phi) is 5.53. The molecule has 1 aromatic heterocycles. The fraction of sp³-hybridized carbons (Fsp3) is 0.500. The number of aromatic nitrogens is 1. The Morgan fingerprint density at radius 2 is 2.12 bits per heavy atom. The van der Waals surface area contributed by atoms with E-state index in [1.165, 1.54) is 5.56 Å². The average Bonchev–Trinajstić information content (AvgIpc) is 2.94. The second-order valence-corrected chi connectivity index (χ2v) is 7.03. The normalized spacial score (nSPS) is 19.6. The maximum Gasteiger partial charge on any atom is 0.227 e. The molecule has 1 fully saturated rings. The van der Waals surface area contributed by atoms with Crippen LogP contribution in [0.25, 0.3) is 0 Å². The molecule has 0 aliphatic carbocycles. The standard InChI is InChI=1S/C20H27N3O2/c1-14(19-15(2)22-25-16(19)3)20(24)21-18-10-7-11-23(13-18)12-17-8-5-4-6-9-17/h4-6,8-9,14,18H,7,10-13H2,1-3H3,(H,21,24)/t14-,18-/m1/s1. The molecule has 0 radical (unpaired) electrons. The molecule has 5 heteroatoms. The van der Waals surface area contributed by atoms with Crippen LogP contribution in [0.5, 0.6) is 0 Å². The van der Waals surface area contributed by atoms with Crippen LogP contribution in [0.2, 0.25) is 0 Å². The van der Waals surface area contributed by atoms with Crippen molar-refractivity contribution in [2.24, 2.45) is 0 Å². The Labute approximate surface area is 149 Å². The number of aryl methyl sites for hydroxylation is 2. The Balaban J connectivity index is 1.58. The molecule has 1 aromatic carbocycles. The van der Waals surface area contributed by atoms with Crippen molar-refractivity contribution < 1.29 is 9.32 Å². The third kappa shape index (κ3) is 4.28. The van der Waals surface area contributed by atoms with Crippen molar-refractivity contribution in [3.63, 3.8) is 0 Å². The number of rotatable bonds is 5. The number of likely N-dealkylation sites (tertiary alicyclic amines) is 1. The number of nitrogens with zero attached hydrogens (tertiary/aromatic N) is 2. The molecular weight excluding hydrogens is 314 g/mol. The van der Waals surface area contributed by atoms with E-state index in [9.17, 15) is 4.79 Å². The van der Waals surface area contributed by atoms with Crippen LogP contribution in [0.1, 0.15) is 48.3 Å². The maximum absolute atomic E-state index is 12.7. The van der Waals surface area contributed by atoms with Gasteiger partial charge < -0.3 is 9.84 Å². The van der Waals surface area contributed by atoms with Gasteiger partial charge in [-0.15, -0.1) is 0 Å². The molecule has 3 rings (SSSR count). The van der Waals surface area contributed by atoms with Crippen molar-refractivity contribution in [1.29, 1.82) is 0 Å². The average molecular weight is 341 g/mol. The highest BCUT2D eigenvalue weighted by molar-refractivity contribution is 5.84. The third-order valence-electron chi connectivity index (χ3n) is 5.02. The summed E-state index contributed by atoms with van der Waals surface area (Å²) in [4.78, 5) is 15.1. The van der Waals surface area contributed by atoms with Crippen molar-refractivity contribution >= 4 is 5.91 Å². The minimum absolute atomic E-state index is 0.0564. The molecular formula is C20H27N3O2. The summed E-state index contributed by atoms with van der Waals surface area (Å²) in [6.07, 6.45) is 2.14. The van der Waals surface area contributed by atoms with E-state index in [-0.39, 0.29) is 17.9 Å². The molecule has 1 amide bonds. The Morgan fingerprint density at radius 3 is 2.80 bits per heavy atom. The van der Waals surface area contributed by atoms with Crippen molar-refractivity contribution in [3.8, 4) is 0 Å². The van der Waals surface area contributed by atoms with E-state index in [4.69, 9.17) is 4.52 Å². The summed E-state index contributed by atoms with van der Waals surface area (Å²) in [5.74, 6) is 0.547. The SMILES string of the molecule is Cc1noc(C)c1[C@@H](C)C(=O)N[C@@H]1CCCN(Cc2ccccc2)C1. The Morgan fingerprint density at radius 1 is 1.36 bits per heavy atom. The zero-order valence-electron chi connectivity index (χ0n) is 15.3. The van der Waals surface area contributed by atoms with Gasteiger partial charge in [-0.1, -0.05) is 35.5 Å². The lowest BCUT2D eigenvalue weighted by atomic mass is 9.97. The first-order valence-electron chi connectivity index (χ1n) is 9.04. The van der Waals surface area contributed by atoms with Crippen LogP contribution in [0, 0.1) is 13.8 Å². The second-order valence-electron chi connectivity index (χ2n) is 7.03. The van der Waals surface area contributed by atoms with Gasteiger partial charge in [-0.05, 0) is 45.7 Å². The lowest BCUT2D eigenvalue weighted by Gasteiger charge is -2.33. The van der Waals surface area contributed by atoms with Crippen LogP contribution in [0.15, 0.2) is 34.9 Å². The largest absolute Gasteiger partial charge is 0.361 e. The van der Waals surface area contributed by atoms with Gasteiger partial charge in [-0.2, -0.15) is 0 Å². The van der Waals surface area contributed by atoms with Crippen LogP contribution in [0.4, 0.5) is 0 Å². The molecule has 134 valence electrons. The fourth-order valence-electron chi connectivity index (χ4n) is 3.72. The monoisotopic (exact) mass is 341 g/mol. The number of piperidine rings is 1. The van der Waals surface area contributed by atoms with Gasteiger partial charge in [0, 0.05) is 24.7 Å². The fourth-order valence-corrected chi connectivity index (χ4v) is 3.72. The molecule has 0 bridgehead atoms. The summed E-state index contributed by atoms with van der Waals surface area (Å²) in [6, 6.07) is 10.7. The van der Waals surface area contributed by atoms with Gasteiger partial charge >= 0.3 is 0 Å². The molecule has 2 aromatic rings. The minimum Gasteiger partial charge on any atom is -0.361 e. The third-order valence-corrected chi connectivity index (χ3v) is 5.02. The molecule has 1 saturated heterocycles. The van der Waals surface area contributed by atoms with E-state index in [2.05, 4.69) is 39.6 Å². The molecule has 0 unspecified atom stereocenters. The molecule has 25 heavy (non-hydrogen) atoms. The molecule has 2 atom stereocenters. The zero-order chi connectivity index (χ0) is 17.8. The minimum atomic E-state index is -0.240. The lowest BCUT2D eigenvalue weighted by Crippen LogP contribution is -2.48. The van der Waals surface area contributed by atoms with E-state index < -0.39 is 0 Å². The molecule has 2 heterocycles. The van der Waals surface area contributed by atoms with Crippen LogP contribution >= 0.6 is 0 Å². The lowest BCUT2D eigenvalue weighted by molar-refractivity contribution is -0.123. The second kappa shape index (κ2) is 7.83. The van der Waals surface area contributed by atoms with Gasteiger partial charge in [-0.3, -0.25) is 9.69 Å². The number of carbonyl (C=O) groups is 1. The number of hydrogen-bond donors (Lipinski definition) is 1. The smallest absolute Gasteiger partial charge is 0.227 e. The predicted molar refractivity (Wildman–Crippen MR) is 97.3 cm³/mol. The van der Waals surface area contributed by atoms with Gasteiger partial charge in [0.05, 0.1) is 11.6 Å². The summed E-state index contributed by atoms with van der Waals surface area (Å²) in [5, 5.41) is 7.19. The number of nitrogens with one attached hydrogen (secondary N) is 1. The number of benzene rings is 1. The van der Waals surface area contributed by atoms with E-state index >= 15 is 0 Å². The van der Waals surface area contributed by atoms with Gasteiger partial charge in [0.15, 0.2) is 0 Å². The summed E-state index contributed by atoms with van der Waals surface area (Å²) in [5.41, 5.74) is 3.03. The summed E-state index contributed by atoms with van der Waals surface area (Å²) < 4.78 is 5.20. The highest BCUT2D eigenvalue weighted by atomic mass is 16.5. The first-order valence-corrected chi connectivity index (χ1v) is 9.04.